The quantitative estimate of drug-likeness (QED) is 0.724. The fraction of sp³-hybridized carbons (Fsp3) is 0.923. The number of rotatable bonds is 3. The first-order valence-corrected chi connectivity index (χ1v) is 6.49. The summed E-state index contributed by atoms with van der Waals surface area (Å²) in [5.41, 5.74) is 0.683. The van der Waals surface area contributed by atoms with Crippen LogP contribution in [0.1, 0.15) is 51.4 Å². The van der Waals surface area contributed by atoms with E-state index >= 15 is 0 Å². The lowest BCUT2D eigenvalue weighted by molar-refractivity contribution is -0.108. The van der Waals surface area contributed by atoms with Gasteiger partial charge < -0.3 is 10.1 Å². The van der Waals surface area contributed by atoms with Crippen LogP contribution >= 0.6 is 0 Å². The Labute approximate surface area is 92.8 Å². The van der Waals surface area contributed by atoms with Crippen LogP contribution < -0.4 is 5.32 Å². The number of aldehydes is 1. The number of hydrogen-bond acceptors (Lipinski definition) is 2. The zero-order chi connectivity index (χ0) is 10.6. The molecule has 2 heteroatoms. The van der Waals surface area contributed by atoms with E-state index in [9.17, 15) is 4.79 Å². The SMILES string of the molecule is O=CCCC1CCC2(CCNCC2)CC1. The molecule has 1 spiro atoms. The van der Waals surface area contributed by atoms with Crippen LogP contribution in [0.5, 0.6) is 0 Å². The van der Waals surface area contributed by atoms with Crippen molar-refractivity contribution < 1.29 is 4.79 Å². The first-order valence-electron chi connectivity index (χ1n) is 6.49. The maximum Gasteiger partial charge on any atom is 0.120 e. The zero-order valence-electron chi connectivity index (χ0n) is 9.63. The maximum absolute atomic E-state index is 10.3. The third kappa shape index (κ3) is 2.81. The van der Waals surface area contributed by atoms with E-state index in [-0.39, 0.29) is 0 Å². The highest BCUT2D eigenvalue weighted by atomic mass is 16.1. The molecule has 0 aromatic heterocycles. The Morgan fingerprint density at radius 2 is 1.80 bits per heavy atom. The van der Waals surface area contributed by atoms with E-state index < -0.39 is 0 Å². The van der Waals surface area contributed by atoms with Crippen molar-refractivity contribution in [3.8, 4) is 0 Å². The number of carbonyl (C=O) groups is 1. The first-order chi connectivity index (χ1) is 7.35. The molecule has 2 rings (SSSR count). The molecule has 1 aliphatic heterocycles. The molecule has 15 heavy (non-hydrogen) atoms. The third-order valence-corrected chi connectivity index (χ3v) is 4.52. The van der Waals surface area contributed by atoms with Crippen LogP contribution in [0.15, 0.2) is 0 Å². The summed E-state index contributed by atoms with van der Waals surface area (Å²) in [5.74, 6) is 0.843. The van der Waals surface area contributed by atoms with Crippen LogP contribution in [0.2, 0.25) is 0 Å². The van der Waals surface area contributed by atoms with Crippen molar-refractivity contribution in [2.75, 3.05) is 13.1 Å². The van der Waals surface area contributed by atoms with Crippen molar-refractivity contribution in [1.82, 2.24) is 5.32 Å². The number of hydrogen-bond donors (Lipinski definition) is 1. The van der Waals surface area contributed by atoms with E-state index in [0.717, 1.165) is 25.0 Å². The van der Waals surface area contributed by atoms with Gasteiger partial charge in [-0.05, 0) is 69.4 Å². The lowest BCUT2D eigenvalue weighted by Gasteiger charge is -2.43. The molecule has 0 bridgehead atoms. The van der Waals surface area contributed by atoms with E-state index in [4.69, 9.17) is 0 Å². The van der Waals surface area contributed by atoms with Crippen LogP contribution in [-0.2, 0) is 4.79 Å². The molecule has 2 aliphatic rings. The topological polar surface area (TPSA) is 29.1 Å². The minimum atomic E-state index is 0.683. The minimum absolute atomic E-state index is 0.683. The molecule has 2 nitrogen and oxygen atoms in total. The molecule has 1 saturated carbocycles. The summed E-state index contributed by atoms with van der Waals surface area (Å²) >= 11 is 0. The summed E-state index contributed by atoms with van der Waals surface area (Å²) in [5, 5.41) is 3.46. The Morgan fingerprint density at radius 3 is 2.40 bits per heavy atom. The second-order valence-corrected chi connectivity index (χ2v) is 5.44. The van der Waals surface area contributed by atoms with Crippen LogP contribution in [0.3, 0.4) is 0 Å². The highest BCUT2D eigenvalue weighted by molar-refractivity contribution is 5.49. The molecule has 0 unspecified atom stereocenters. The van der Waals surface area contributed by atoms with Gasteiger partial charge in [0.1, 0.15) is 6.29 Å². The van der Waals surface area contributed by atoms with Gasteiger partial charge >= 0.3 is 0 Å². The molecule has 1 saturated heterocycles. The Bertz CT molecular complexity index is 199. The Hall–Kier alpha value is -0.370. The molecule has 2 fully saturated rings. The van der Waals surface area contributed by atoms with Crippen molar-refractivity contribution in [3.63, 3.8) is 0 Å². The van der Waals surface area contributed by atoms with Gasteiger partial charge in [0.2, 0.25) is 0 Å². The molecule has 0 aromatic carbocycles. The molecule has 0 amide bonds. The second kappa shape index (κ2) is 5.11. The first kappa shape index (κ1) is 11.1. The van der Waals surface area contributed by atoms with Crippen molar-refractivity contribution in [2.24, 2.45) is 11.3 Å². The standard InChI is InChI=1S/C13H23NO/c15-11-1-2-12-3-5-13(6-4-12)7-9-14-10-8-13/h11-12,14H,1-10H2. The molecule has 1 aliphatic carbocycles. The average molecular weight is 209 g/mol. The Morgan fingerprint density at radius 1 is 1.13 bits per heavy atom. The van der Waals surface area contributed by atoms with E-state index in [0.29, 0.717) is 5.41 Å². The fourth-order valence-electron chi connectivity index (χ4n) is 3.34. The average Bonchev–Trinajstić information content (AvgIpc) is 2.30. The third-order valence-electron chi connectivity index (χ3n) is 4.52. The van der Waals surface area contributed by atoms with Crippen molar-refractivity contribution in [3.05, 3.63) is 0 Å². The van der Waals surface area contributed by atoms with E-state index in [1.807, 2.05) is 0 Å². The zero-order valence-corrected chi connectivity index (χ0v) is 9.63. The molecule has 1 heterocycles. The maximum atomic E-state index is 10.3. The lowest BCUT2D eigenvalue weighted by atomic mass is 9.65. The highest BCUT2D eigenvalue weighted by Gasteiger charge is 2.35. The summed E-state index contributed by atoms with van der Waals surface area (Å²) in [7, 11) is 0. The molecular formula is C13H23NO. The largest absolute Gasteiger partial charge is 0.317 e. The van der Waals surface area contributed by atoms with Gasteiger partial charge in [-0.15, -0.1) is 0 Å². The second-order valence-electron chi connectivity index (χ2n) is 5.44. The monoisotopic (exact) mass is 209 g/mol. The molecule has 0 radical (unpaired) electrons. The molecule has 0 atom stereocenters. The molecular weight excluding hydrogens is 186 g/mol. The van der Waals surface area contributed by atoms with Crippen LogP contribution in [0.25, 0.3) is 0 Å². The van der Waals surface area contributed by atoms with Gasteiger partial charge in [-0.25, -0.2) is 0 Å². The summed E-state index contributed by atoms with van der Waals surface area (Å²) < 4.78 is 0. The van der Waals surface area contributed by atoms with Gasteiger partial charge in [-0.1, -0.05) is 0 Å². The summed E-state index contributed by atoms with van der Waals surface area (Å²) in [6.07, 6.45) is 11.3. The van der Waals surface area contributed by atoms with E-state index in [2.05, 4.69) is 5.32 Å². The van der Waals surface area contributed by atoms with E-state index in [1.54, 1.807) is 0 Å². The van der Waals surface area contributed by atoms with Crippen molar-refractivity contribution in [2.45, 2.75) is 51.4 Å². The van der Waals surface area contributed by atoms with Gasteiger partial charge in [0.15, 0.2) is 0 Å². The normalized spacial score (nSPS) is 26.7. The van der Waals surface area contributed by atoms with Gasteiger partial charge in [-0.2, -0.15) is 0 Å². The predicted molar refractivity (Wildman–Crippen MR) is 61.8 cm³/mol. The summed E-state index contributed by atoms with van der Waals surface area (Å²) in [4.78, 5) is 10.3. The fourth-order valence-corrected chi connectivity index (χ4v) is 3.34. The smallest absolute Gasteiger partial charge is 0.120 e. The van der Waals surface area contributed by atoms with Crippen LogP contribution in [0.4, 0.5) is 0 Å². The number of piperidine rings is 1. The van der Waals surface area contributed by atoms with Gasteiger partial charge in [0, 0.05) is 6.42 Å². The van der Waals surface area contributed by atoms with Gasteiger partial charge in [0.25, 0.3) is 0 Å². The van der Waals surface area contributed by atoms with Gasteiger partial charge in [0.05, 0.1) is 0 Å². The van der Waals surface area contributed by atoms with Gasteiger partial charge in [-0.3, -0.25) is 0 Å². The molecule has 86 valence electrons. The Balaban J connectivity index is 1.77. The summed E-state index contributed by atoms with van der Waals surface area (Å²) in [6.45, 7) is 2.44. The molecule has 0 aromatic rings. The van der Waals surface area contributed by atoms with E-state index in [1.165, 1.54) is 51.6 Å². The number of nitrogens with one attached hydrogen (secondary N) is 1. The molecule has 1 N–H and O–H groups in total. The lowest BCUT2D eigenvalue weighted by Crippen LogP contribution is -2.39. The highest BCUT2D eigenvalue weighted by Crippen LogP contribution is 2.45. The van der Waals surface area contributed by atoms with Crippen molar-refractivity contribution >= 4 is 6.29 Å². The van der Waals surface area contributed by atoms with Crippen molar-refractivity contribution in [1.29, 1.82) is 0 Å². The Kier molecular flexibility index (Phi) is 3.79. The predicted octanol–water partition coefficient (Wildman–Crippen LogP) is 2.53. The minimum Gasteiger partial charge on any atom is -0.317 e. The number of carbonyl (C=O) groups excluding carboxylic acids is 1. The summed E-state index contributed by atoms with van der Waals surface area (Å²) in [6, 6.07) is 0. The van der Waals surface area contributed by atoms with Crippen LogP contribution in [0, 0.1) is 11.3 Å². The van der Waals surface area contributed by atoms with Crippen LogP contribution in [-0.4, -0.2) is 19.4 Å².